The van der Waals surface area contributed by atoms with Crippen molar-refractivity contribution in [3.8, 4) is 0 Å². The number of halogens is 5. The molecule has 3 amide bonds. The molecule has 54 heavy (non-hydrogen) atoms. The van der Waals surface area contributed by atoms with E-state index in [1.807, 2.05) is 12.1 Å². The number of anilines is 1. The summed E-state index contributed by atoms with van der Waals surface area (Å²) in [6.07, 6.45) is -7.27. The smallest absolute Gasteiger partial charge is 0.437 e. The van der Waals surface area contributed by atoms with Gasteiger partial charge in [0, 0.05) is 60.9 Å². The van der Waals surface area contributed by atoms with E-state index in [1.165, 1.54) is 11.0 Å². The Morgan fingerprint density at radius 2 is 1.72 bits per heavy atom. The number of aromatic amines is 1. The molecule has 4 heterocycles. The van der Waals surface area contributed by atoms with Gasteiger partial charge in [0.05, 0.1) is 17.1 Å². The molecule has 294 valence electrons. The van der Waals surface area contributed by atoms with Crippen LogP contribution in [0.1, 0.15) is 64.5 Å². The molecular formula is C35H43Cl2F3N8O6. The van der Waals surface area contributed by atoms with Gasteiger partial charge in [0.1, 0.15) is 17.0 Å². The van der Waals surface area contributed by atoms with Crippen molar-refractivity contribution < 1.29 is 42.1 Å². The number of fused-ring (bicyclic) bond motifs is 3. The number of alkyl halides is 3. The van der Waals surface area contributed by atoms with E-state index in [0.29, 0.717) is 18.0 Å². The summed E-state index contributed by atoms with van der Waals surface area (Å²) in [6, 6.07) is 6.79. The number of amides is 3. The second-order valence-electron chi connectivity index (χ2n) is 15.0. The first-order chi connectivity index (χ1) is 25.1. The number of alkyl carbamates (subject to hydrolysis) is 1. The molecule has 3 aromatic rings. The van der Waals surface area contributed by atoms with E-state index in [4.69, 9.17) is 32.7 Å². The van der Waals surface area contributed by atoms with Crippen LogP contribution in [-0.2, 0) is 22.1 Å². The molecule has 2 aliphatic rings. The predicted molar refractivity (Wildman–Crippen MR) is 197 cm³/mol. The van der Waals surface area contributed by atoms with Gasteiger partial charge >= 0.3 is 24.5 Å². The van der Waals surface area contributed by atoms with Crippen LogP contribution in [0.3, 0.4) is 0 Å². The second kappa shape index (κ2) is 15.7. The Labute approximate surface area is 319 Å². The lowest BCUT2D eigenvalue weighted by molar-refractivity contribution is -0.141. The first kappa shape index (κ1) is 40.7. The molecule has 5 rings (SSSR count). The molecule has 2 atom stereocenters. The van der Waals surface area contributed by atoms with Crippen LogP contribution in [0.4, 0.5) is 33.4 Å². The summed E-state index contributed by atoms with van der Waals surface area (Å²) in [5.41, 5.74) is -0.418. The van der Waals surface area contributed by atoms with Gasteiger partial charge in [-0.3, -0.25) is 10.2 Å². The van der Waals surface area contributed by atoms with Gasteiger partial charge in [-0.15, -0.1) is 4.99 Å². The molecule has 0 saturated carbocycles. The number of nitrogens with one attached hydrogen (secondary N) is 3. The topological polar surface area (TPSA) is 165 Å². The first-order valence-corrected chi connectivity index (χ1v) is 17.9. The molecule has 0 radical (unpaired) electrons. The zero-order chi connectivity index (χ0) is 39.7. The summed E-state index contributed by atoms with van der Waals surface area (Å²) >= 11 is 12.3. The number of hydrogen-bond donors (Lipinski definition) is 4. The van der Waals surface area contributed by atoms with Crippen LogP contribution in [0.5, 0.6) is 0 Å². The average Bonchev–Trinajstić information content (AvgIpc) is 3.39. The number of carbonyl (C=O) groups excluding carboxylic acids is 2. The van der Waals surface area contributed by atoms with E-state index < -0.39 is 58.5 Å². The van der Waals surface area contributed by atoms with Crippen LogP contribution in [-0.4, -0.2) is 106 Å². The molecule has 1 fully saturated rings. The van der Waals surface area contributed by atoms with Crippen LogP contribution >= 0.6 is 23.2 Å². The number of piperazine rings is 1. The number of rotatable bonds is 5. The number of H-pyrrole nitrogens is 1. The van der Waals surface area contributed by atoms with Gasteiger partial charge in [-0.25, -0.2) is 19.4 Å². The van der Waals surface area contributed by atoms with Crippen molar-refractivity contribution in [2.24, 2.45) is 4.99 Å². The zero-order valence-electron chi connectivity index (χ0n) is 30.6. The quantitative estimate of drug-likeness (QED) is 0.155. The lowest BCUT2D eigenvalue weighted by Gasteiger charge is -2.45. The lowest BCUT2D eigenvalue weighted by Crippen LogP contribution is -2.59. The van der Waals surface area contributed by atoms with Gasteiger partial charge in [-0.05, 0) is 83.9 Å². The van der Waals surface area contributed by atoms with Crippen molar-refractivity contribution in [2.75, 3.05) is 44.2 Å². The minimum absolute atomic E-state index is 0.00253. The summed E-state index contributed by atoms with van der Waals surface area (Å²) in [7, 11) is 0. The van der Waals surface area contributed by atoms with Crippen molar-refractivity contribution in [3.05, 3.63) is 57.3 Å². The van der Waals surface area contributed by atoms with Crippen molar-refractivity contribution in [1.29, 1.82) is 0 Å². The van der Waals surface area contributed by atoms with Crippen molar-refractivity contribution in [3.63, 3.8) is 0 Å². The fourth-order valence-electron chi connectivity index (χ4n) is 6.47. The Bertz CT molecular complexity index is 1930. The third-order valence-corrected chi connectivity index (χ3v) is 9.14. The summed E-state index contributed by atoms with van der Waals surface area (Å²) in [6.45, 7) is 10.8. The number of aliphatic imine (C=N–C) groups is 1. The Morgan fingerprint density at radius 1 is 1.02 bits per heavy atom. The minimum Gasteiger partial charge on any atom is -0.465 e. The first-order valence-electron chi connectivity index (χ1n) is 17.2. The Morgan fingerprint density at radius 3 is 2.37 bits per heavy atom. The van der Waals surface area contributed by atoms with Gasteiger partial charge in [-0.2, -0.15) is 13.2 Å². The fraction of sp³-hybridized carbons (Fsp3) is 0.514. The predicted octanol–water partition coefficient (Wildman–Crippen LogP) is 7.06. The third kappa shape index (κ3) is 10.2. The van der Waals surface area contributed by atoms with Crippen molar-refractivity contribution in [1.82, 2.24) is 30.4 Å². The van der Waals surface area contributed by atoms with Gasteiger partial charge in [0.2, 0.25) is 5.96 Å². The highest BCUT2D eigenvalue weighted by molar-refractivity contribution is 6.31. The molecule has 4 N–H and O–H groups in total. The largest absolute Gasteiger partial charge is 0.465 e. The number of carbonyl (C=O) groups is 3. The summed E-state index contributed by atoms with van der Waals surface area (Å²) in [4.78, 5) is 54.1. The van der Waals surface area contributed by atoms with E-state index in [1.54, 1.807) is 52.5 Å². The van der Waals surface area contributed by atoms with E-state index in [-0.39, 0.29) is 44.5 Å². The third-order valence-electron chi connectivity index (χ3n) is 8.60. The fourth-order valence-corrected chi connectivity index (χ4v) is 6.85. The molecule has 1 saturated heterocycles. The molecule has 2 unspecified atom stereocenters. The standard InChI is InChI=1S/C35H43Cl2F3N8O6/c1-33(2,3)53-30(49)44-29(45-31(50)54-34(4,5)6)41-16-25-27-21(22-15-19(36)7-9-24(22)42-27)11-12-46(25)17-20-18-47(32(51)52)13-14-48(20)26-10-8-23(37)28(43-26)35(38,39)40/h7-10,15,20,25,42H,11-14,16-18H2,1-6H3,(H,51,52)(H2,41,44,45,49,50). The van der Waals surface area contributed by atoms with Crippen LogP contribution in [0.25, 0.3) is 10.9 Å². The monoisotopic (exact) mass is 798 g/mol. The zero-order valence-corrected chi connectivity index (χ0v) is 32.1. The number of guanidine groups is 1. The number of ether oxygens (including phenoxy) is 2. The summed E-state index contributed by atoms with van der Waals surface area (Å²) < 4.78 is 52.3. The molecule has 2 aliphatic heterocycles. The molecule has 0 spiro atoms. The number of nitrogens with zero attached hydrogens (tertiary/aromatic N) is 5. The number of carboxylic acid groups (broad SMARTS) is 1. The molecular weight excluding hydrogens is 756 g/mol. The highest BCUT2D eigenvalue weighted by atomic mass is 35.5. The second-order valence-corrected chi connectivity index (χ2v) is 15.8. The maximum absolute atomic E-state index is 13.9. The summed E-state index contributed by atoms with van der Waals surface area (Å²) in [5, 5.41) is 16.4. The average molecular weight is 800 g/mol. The summed E-state index contributed by atoms with van der Waals surface area (Å²) in [5.74, 6) is -0.242. The Kier molecular flexibility index (Phi) is 11.8. The number of benzene rings is 1. The number of aromatic nitrogens is 2. The molecule has 0 aliphatic carbocycles. The van der Waals surface area contributed by atoms with Gasteiger partial charge < -0.3 is 34.7 Å². The Hall–Kier alpha value is -4.48. The van der Waals surface area contributed by atoms with E-state index in [0.717, 1.165) is 28.2 Å². The maximum Gasteiger partial charge on any atom is 0.437 e. The van der Waals surface area contributed by atoms with E-state index >= 15 is 0 Å². The lowest BCUT2D eigenvalue weighted by atomic mass is 9.96. The SMILES string of the molecule is CC(C)(C)OC(=O)/N=C(\NCC1c2[nH]c3ccc(Cl)cc3c2CCN1CC1CN(C(=O)O)CCN1c1ccc(Cl)c(C(F)(F)F)n1)NC(=O)OC(C)(C)C. The molecule has 2 aromatic heterocycles. The van der Waals surface area contributed by atoms with Crippen LogP contribution < -0.4 is 15.5 Å². The number of hydrogen-bond acceptors (Lipinski definition) is 8. The van der Waals surface area contributed by atoms with Crippen molar-refractivity contribution in [2.45, 2.75) is 77.4 Å². The Balaban J connectivity index is 1.52. The van der Waals surface area contributed by atoms with Gasteiger partial charge in [0.15, 0.2) is 5.69 Å². The van der Waals surface area contributed by atoms with Gasteiger partial charge in [-0.1, -0.05) is 23.2 Å². The van der Waals surface area contributed by atoms with Crippen LogP contribution in [0.15, 0.2) is 35.3 Å². The highest BCUT2D eigenvalue weighted by Gasteiger charge is 2.39. The highest BCUT2D eigenvalue weighted by Crippen LogP contribution is 2.38. The van der Waals surface area contributed by atoms with Crippen LogP contribution in [0.2, 0.25) is 10.0 Å². The molecule has 19 heteroatoms. The van der Waals surface area contributed by atoms with E-state index in [9.17, 15) is 32.7 Å². The maximum atomic E-state index is 13.9. The van der Waals surface area contributed by atoms with E-state index in [2.05, 4.69) is 30.5 Å². The van der Waals surface area contributed by atoms with Gasteiger partial charge in [0.25, 0.3) is 0 Å². The minimum atomic E-state index is -4.81. The number of pyridine rings is 1. The molecule has 0 bridgehead atoms. The molecule has 1 aromatic carbocycles. The normalized spacial score (nSPS) is 18.7. The molecule has 14 nitrogen and oxygen atoms in total. The van der Waals surface area contributed by atoms with Crippen LogP contribution in [0, 0.1) is 0 Å². The van der Waals surface area contributed by atoms with Crippen molar-refractivity contribution >= 4 is 64.2 Å².